The average molecular weight is 343 g/mol. The second-order valence-corrected chi connectivity index (χ2v) is 5.42. The largest absolute Gasteiger partial charge is 0.422 e. The Morgan fingerprint density at radius 1 is 1.12 bits per heavy atom. The molecule has 3 aromatic rings. The third-order valence-corrected chi connectivity index (χ3v) is 3.57. The summed E-state index contributed by atoms with van der Waals surface area (Å²) in [6.07, 6.45) is 0. The minimum atomic E-state index is -0.621. The number of hydrazine groups is 1. The molecule has 0 unspecified atom stereocenters. The van der Waals surface area contributed by atoms with Crippen LogP contribution >= 0.6 is 11.6 Å². The van der Waals surface area contributed by atoms with E-state index in [1.807, 2.05) is 0 Å². The maximum absolute atomic E-state index is 12.0. The van der Waals surface area contributed by atoms with Crippen molar-refractivity contribution in [1.29, 1.82) is 0 Å². The molecule has 0 atom stereocenters. The highest BCUT2D eigenvalue weighted by Gasteiger charge is 2.14. The van der Waals surface area contributed by atoms with Gasteiger partial charge in [-0.2, -0.15) is 10.5 Å². The molecule has 4 N–H and O–H groups in total. The van der Waals surface area contributed by atoms with E-state index in [1.54, 1.807) is 54.6 Å². The molecule has 24 heavy (non-hydrogen) atoms. The molecule has 0 saturated heterocycles. The van der Waals surface area contributed by atoms with Crippen LogP contribution in [0.15, 0.2) is 63.8 Å². The van der Waals surface area contributed by atoms with Crippen LogP contribution in [0.2, 0.25) is 5.02 Å². The van der Waals surface area contributed by atoms with Crippen LogP contribution in [0.1, 0.15) is 15.9 Å². The summed E-state index contributed by atoms with van der Waals surface area (Å²) in [5.74, 6) is -0.415. The number of nitrogens with two attached hydrogens (primary N) is 1. The molecule has 0 aliphatic heterocycles. The van der Waals surface area contributed by atoms with Crippen molar-refractivity contribution in [3.63, 3.8) is 0 Å². The van der Waals surface area contributed by atoms with E-state index in [-0.39, 0.29) is 17.3 Å². The maximum Gasteiger partial charge on any atom is 0.352 e. The molecule has 0 bridgehead atoms. The Balaban J connectivity index is 1.90. The maximum atomic E-state index is 12.0. The van der Waals surface area contributed by atoms with Gasteiger partial charge in [0.05, 0.1) is 0 Å². The van der Waals surface area contributed by atoms with Gasteiger partial charge >= 0.3 is 11.5 Å². The fourth-order valence-electron chi connectivity index (χ4n) is 2.14. The van der Waals surface area contributed by atoms with Gasteiger partial charge in [0, 0.05) is 16.0 Å². The van der Waals surface area contributed by atoms with Crippen molar-refractivity contribution in [2.75, 3.05) is 0 Å². The van der Waals surface area contributed by atoms with Gasteiger partial charge in [-0.3, -0.25) is 10.5 Å². The van der Waals surface area contributed by atoms with Crippen LogP contribution in [-0.4, -0.2) is 11.7 Å². The Bertz CT molecular complexity index is 997. The van der Waals surface area contributed by atoms with E-state index in [0.29, 0.717) is 21.6 Å². The number of carbonyl (C=O) groups excluding carboxylic acids is 1. The number of hydrogen-bond acceptors (Lipinski definition) is 3. The Kier molecular flexibility index (Phi) is 4.31. The summed E-state index contributed by atoms with van der Waals surface area (Å²) in [5, 5.41) is 3.65. The van der Waals surface area contributed by atoms with Gasteiger partial charge in [-0.05, 0) is 36.4 Å². The van der Waals surface area contributed by atoms with Crippen molar-refractivity contribution in [2.45, 2.75) is 0 Å². The zero-order valence-corrected chi connectivity index (χ0v) is 13.1. The molecule has 1 aromatic heterocycles. The zero-order valence-electron chi connectivity index (χ0n) is 12.4. The minimum Gasteiger partial charge on any atom is -0.422 e. The predicted molar refractivity (Wildman–Crippen MR) is 90.7 cm³/mol. The highest BCUT2D eigenvalue weighted by molar-refractivity contribution is 6.31. The van der Waals surface area contributed by atoms with E-state index >= 15 is 0 Å². The lowest BCUT2D eigenvalue weighted by Crippen LogP contribution is -2.86. The third kappa shape index (κ3) is 3.28. The standard InChI is InChI=1S/C17H12ClN3O3/c18-12-6-7-14-11(8-12)9-13(17(23)24-14)15(19)20-21-16(22)10-4-2-1-3-5-10/h1-9H,(H2,19,20)(H,21,22)/p+1. The smallest absolute Gasteiger partial charge is 0.352 e. The molecule has 2 aromatic carbocycles. The Hall–Kier alpha value is -3.12. The average Bonchev–Trinajstić information content (AvgIpc) is 2.60. The van der Waals surface area contributed by atoms with E-state index in [9.17, 15) is 9.59 Å². The van der Waals surface area contributed by atoms with Gasteiger partial charge in [-0.15, -0.1) is 0 Å². The molecule has 1 amide bonds. The van der Waals surface area contributed by atoms with E-state index in [2.05, 4.69) is 10.5 Å². The van der Waals surface area contributed by atoms with Gasteiger partial charge in [-0.1, -0.05) is 29.8 Å². The van der Waals surface area contributed by atoms with Crippen molar-refractivity contribution in [3.05, 3.63) is 81.2 Å². The van der Waals surface area contributed by atoms with Crippen LogP contribution in [0.3, 0.4) is 0 Å². The fourth-order valence-corrected chi connectivity index (χ4v) is 2.32. The van der Waals surface area contributed by atoms with Crippen LogP contribution < -0.4 is 21.9 Å². The highest BCUT2D eigenvalue weighted by Crippen LogP contribution is 2.18. The van der Waals surface area contributed by atoms with Crippen LogP contribution in [-0.2, 0) is 0 Å². The van der Waals surface area contributed by atoms with Gasteiger partial charge in [-0.25, -0.2) is 4.79 Å². The molecule has 6 nitrogen and oxygen atoms in total. The molecule has 0 aliphatic rings. The van der Waals surface area contributed by atoms with Gasteiger partial charge in [0.25, 0.3) is 5.91 Å². The van der Waals surface area contributed by atoms with Crippen molar-refractivity contribution >= 4 is 34.3 Å². The molecule has 3 rings (SSSR count). The number of hydrazone groups is 1. The van der Waals surface area contributed by atoms with Crippen LogP contribution in [0.25, 0.3) is 11.0 Å². The first kappa shape index (κ1) is 15.8. The molecule has 0 fully saturated rings. The van der Waals surface area contributed by atoms with Gasteiger partial charge < -0.3 is 4.42 Å². The van der Waals surface area contributed by atoms with E-state index in [1.165, 1.54) is 0 Å². The van der Waals surface area contributed by atoms with E-state index in [0.717, 1.165) is 0 Å². The Morgan fingerprint density at radius 3 is 2.62 bits per heavy atom. The van der Waals surface area contributed by atoms with Crippen molar-refractivity contribution in [3.8, 4) is 0 Å². The quantitative estimate of drug-likeness (QED) is 0.280. The first-order valence-corrected chi connectivity index (χ1v) is 7.40. The third-order valence-electron chi connectivity index (χ3n) is 3.33. The minimum absolute atomic E-state index is 0.0325. The lowest BCUT2D eigenvalue weighted by atomic mass is 10.2. The number of rotatable bonds is 3. The number of hydrogen-bond donors (Lipinski definition) is 3. The number of nitrogen functional groups attached to an aromatic ring is 1. The number of carbonyl (C=O) groups is 1. The summed E-state index contributed by atoms with van der Waals surface area (Å²) in [7, 11) is 0. The topological polar surface area (TPSA) is 99.3 Å². The number of halogens is 1. The predicted octanol–water partition coefficient (Wildman–Crippen LogP) is 0.577. The van der Waals surface area contributed by atoms with E-state index < -0.39 is 5.63 Å². The van der Waals surface area contributed by atoms with Crippen LogP contribution in [0.5, 0.6) is 0 Å². The summed E-state index contributed by atoms with van der Waals surface area (Å²) in [6.45, 7) is 0. The monoisotopic (exact) mass is 342 g/mol. The SMILES string of the molecule is NC(=[NH+]NC(=O)c1ccccc1)c1cc2cc(Cl)ccc2oc1=O. The Labute approximate surface area is 141 Å². The number of amides is 1. The number of fused-ring (bicyclic) bond motifs is 1. The second-order valence-electron chi connectivity index (χ2n) is 4.99. The first-order chi connectivity index (χ1) is 11.5. The summed E-state index contributed by atoms with van der Waals surface area (Å²) in [6, 6.07) is 15.0. The normalized spacial score (nSPS) is 11.5. The molecule has 7 heteroatoms. The van der Waals surface area contributed by atoms with Crippen molar-refractivity contribution in [2.24, 2.45) is 5.73 Å². The van der Waals surface area contributed by atoms with Gasteiger partial charge in [0.2, 0.25) is 0 Å². The highest BCUT2D eigenvalue weighted by atomic mass is 35.5. The summed E-state index contributed by atoms with van der Waals surface area (Å²) >= 11 is 5.93. The second kappa shape index (κ2) is 6.55. The molecule has 0 spiro atoms. The first-order valence-electron chi connectivity index (χ1n) is 7.02. The summed E-state index contributed by atoms with van der Waals surface area (Å²) < 4.78 is 5.19. The summed E-state index contributed by atoms with van der Waals surface area (Å²) in [5.41, 5.74) is 8.60. The van der Waals surface area contributed by atoms with Gasteiger partial charge in [0.1, 0.15) is 5.58 Å². The number of nitrogens with one attached hydrogen (secondary N) is 2. The van der Waals surface area contributed by atoms with E-state index in [4.69, 9.17) is 21.8 Å². The van der Waals surface area contributed by atoms with Crippen LogP contribution in [0, 0.1) is 0 Å². The van der Waals surface area contributed by atoms with Gasteiger partial charge in [0.15, 0.2) is 5.56 Å². The molecule has 1 heterocycles. The zero-order chi connectivity index (χ0) is 17.1. The molecular formula is C17H13ClN3O3+. The molecule has 120 valence electrons. The van der Waals surface area contributed by atoms with Crippen molar-refractivity contribution < 1.29 is 14.3 Å². The summed E-state index contributed by atoms with van der Waals surface area (Å²) in [4.78, 5) is 24.0. The number of amidine groups is 1. The lowest BCUT2D eigenvalue weighted by Gasteiger charge is -2.01. The molecule has 0 saturated carbocycles. The number of benzene rings is 2. The lowest BCUT2D eigenvalue weighted by molar-refractivity contribution is -0.508. The fraction of sp³-hybridized carbons (Fsp3) is 0. The molecular weight excluding hydrogens is 330 g/mol. The molecule has 0 aliphatic carbocycles. The van der Waals surface area contributed by atoms with Crippen LogP contribution in [0.4, 0.5) is 0 Å². The molecule has 0 radical (unpaired) electrons. The van der Waals surface area contributed by atoms with Crippen molar-refractivity contribution in [1.82, 2.24) is 5.43 Å². The Morgan fingerprint density at radius 2 is 1.88 bits per heavy atom.